The summed E-state index contributed by atoms with van der Waals surface area (Å²) in [6, 6.07) is 6.16. The minimum absolute atomic E-state index is 0.0523. The molecular formula is C15H16FN3O3. The summed E-state index contributed by atoms with van der Waals surface area (Å²) in [5.74, 6) is -0.814. The lowest BCUT2D eigenvalue weighted by atomic mass is 10.3. The third-order valence-electron chi connectivity index (χ3n) is 3.36. The smallest absolute Gasteiger partial charge is 0.262 e. The number of ether oxygens (including phenoxy) is 2. The maximum absolute atomic E-state index is 13.4. The van der Waals surface area contributed by atoms with E-state index in [1.54, 1.807) is 29.2 Å². The first-order valence-electron chi connectivity index (χ1n) is 7.01. The molecule has 1 aliphatic heterocycles. The number of hydrogen-bond acceptors (Lipinski definition) is 4. The van der Waals surface area contributed by atoms with Crippen molar-refractivity contribution in [1.29, 1.82) is 0 Å². The van der Waals surface area contributed by atoms with E-state index in [1.165, 1.54) is 12.1 Å². The molecule has 1 N–H and O–H groups in total. The molecule has 0 aliphatic carbocycles. The van der Waals surface area contributed by atoms with Gasteiger partial charge in [0.2, 0.25) is 0 Å². The van der Waals surface area contributed by atoms with Gasteiger partial charge in [-0.15, -0.1) is 0 Å². The monoisotopic (exact) mass is 305 g/mol. The Morgan fingerprint density at radius 1 is 1.50 bits per heavy atom. The summed E-state index contributed by atoms with van der Waals surface area (Å²) >= 11 is 0. The van der Waals surface area contributed by atoms with Gasteiger partial charge in [-0.3, -0.25) is 9.48 Å². The van der Waals surface area contributed by atoms with E-state index >= 15 is 0 Å². The van der Waals surface area contributed by atoms with Crippen LogP contribution in [0.1, 0.15) is 12.5 Å². The van der Waals surface area contributed by atoms with E-state index in [1.807, 2.05) is 0 Å². The number of nitrogens with one attached hydrogen (secondary N) is 1. The molecule has 1 fully saturated rings. The van der Waals surface area contributed by atoms with Crippen LogP contribution in [0.3, 0.4) is 0 Å². The Balaban J connectivity index is 1.52. The number of halogens is 1. The average molecular weight is 305 g/mol. The second-order valence-corrected chi connectivity index (χ2v) is 4.99. The van der Waals surface area contributed by atoms with Gasteiger partial charge in [0, 0.05) is 12.8 Å². The first-order chi connectivity index (χ1) is 10.7. The maximum atomic E-state index is 13.4. The number of benzene rings is 1. The molecule has 2 heterocycles. The summed E-state index contributed by atoms with van der Waals surface area (Å²) in [6.45, 7) is 1.09. The lowest BCUT2D eigenvalue weighted by molar-refractivity contribution is -0.118. The summed E-state index contributed by atoms with van der Waals surface area (Å²) in [4.78, 5) is 11.8. The average Bonchev–Trinajstić information content (AvgIpc) is 3.17. The minimum atomic E-state index is -0.496. The third kappa shape index (κ3) is 3.43. The van der Waals surface area contributed by atoms with Gasteiger partial charge in [-0.25, -0.2) is 4.39 Å². The minimum Gasteiger partial charge on any atom is -0.481 e. The van der Waals surface area contributed by atoms with Gasteiger partial charge in [-0.1, -0.05) is 12.1 Å². The molecule has 0 saturated carbocycles. The van der Waals surface area contributed by atoms with Gasteiger partial charge in [-0.2, -0.15) is 5.10 Å². The van der Waals surface area contributed by atoms with Crippen molar-refractivity contribution in [3.05, 3.63) is 42.5 Å². The number of carbonyl (C=O) groups excluding carboxylic acids is 1. The number of hydrogen-bond donors (Lipinski definition) is 1. The van der Waals surface area contributed by atoms with Crippen LogP contribution in [-0.2, 0) is 9.53 Å². The van der Waals surface area contributed by atoms with Crippen LogP contribution in [0.4, 0.5) is 10.1 Å². The van der Waals surface area contributed by atoms with Crippen LogP contribution in [0.15, 0.2) is 36.7 Å². The number of anilines is 1. The molecule has 0 spiro atoms. The standard InChI is InChI=1S/C15H16FN3O3/c16-13-3-1-2-4-14(13)22-10-15(20)18-11-7-17-19(8-11)12-5-6-21-9-12/h1-4,7-8,12H,5-6,9-10H2,(H,18,20)/t12-/m0/s1. The van der Waals surface area contributed by atoms with Crippen molar-refractivity contribution in [2.75, 3.05) is 25.1 Å². The van der Waals surface area contributed by atoms with Crippen LogP contribution in [0.2, 0.25) is 0 Å². The van der Waals surface area contributed by atoms with E-state index in [2.05, 4.69) is 10.4 Å². The van der Waals surface area contributed by atoms with Crippen molar-refractivity contribution >= 4 is 11.6 Å². The lowest BCUT2D eigenvalue weighted by Crippen LogP contribution is -2.20. The van der Waals surface area contributed by atoms with Crippen LogP contribution in [0.25, 0.3) is 0 Å². The van der Waals surface area contributed by atoms with Crippen molar-refractivity contribution in [2.24, 2.45) is 0 Å². The number of aromatic nitrogens is 2. The van der Waals surface area contributed by atoms with Gasteiger partial charge >= 0.3 is 0 Å². The zero-order valence-corrected chi connectivity index (χ0v) is 11.9. The molecule has 1 aromatic carbocycles. The van der Waals surface area contributed by atoms with Crippen molar-refractivity contribution in [1.82, 2.24) is 9.78 Å². The number of rotatable bonds is 5. The highest BCUT2D eigenvalue weighted by molar-refractivity contribution is 5.91. The molecule has 0 radical (unpaired) electrons. The molecule has 0 unspecified atom stereocenters. The van der Waals surface area contributed by atoms with Crippen LogP contribution in [0.5, 0.6) is 5.75 Å². The molecule has 3 rings (SSSR count). The van der Waals surface area contributed by atoms with Crippen molar-refractivity contribution in [3.63, 3.8) is 0 Å². The molecule has 1 amide bonds. The van der Waals surface area contributed by atoms with Crippen molar-refractivity contribution in [3.8, 4) is 5.75 Å². The zero-order valence-electron chi connectivity index (χ0n) is 11.9. The SMILES string of the molecule is O=C(COc1ccccc1F)Nc1cnn([C@H]2CCOC2)c1. The van der Waals surface area contributed by atoms with E-state index in [0.29, 0.717) is 12.3 Å². The zero-order chi connectivity index (χ0) is 15.4. The summed E-state index contributed by atoms with van der Waals surface area (Å²) < 4.78 is 25.6. The molecule has 1 atom stereocenters. The van der Waals surface area contributed by atoms with E-state index in [-0.39, 0.29) is 24.3 Å². The van der Waals surface area contributed by atoms with Gasteiger partial charge in [0.25, 0.3) is 5.91 Å². The topological polar surface area (TPSA) is 65.4 Å². The van der Waals surface area contributed by atoms with Gasteiger partial charge in [0.1, 0.15) is 0 Å². The number of carbonyl (C=O) groups is 1. The number of para-hydroxylation sites is 1. The van der Waals surface area contributed by atoms with Crippen molar-refractivity contribution in [2.45, 2.75) is 12.5 Å². The van der Waals surface area contributed by atoms with Crippen LogP contribution in [-0.4, -0.2) is 35.5 Å². The Kier molecular flexibility index (Phi) is 4.34. The largest absolute Gasteiger partial charge is 0.481 e. The predicted octanol–water partition coefficient (Wildman–Crippen LogP) is 2.00. The van der Waals surface area contributed by atoms with Crippen LogP contribution < -0.4 is 10.1 Å². The molecule has 22 heavy (non-hydrogen) atoms. The Hall–Kier alpha value is -2.41. The number of amides is 1. The second kappa shape index (κ2) is 6.57. The first-order valence-corrected chi connectivity index (χ1v) is 7.01. The highest BCUT2D eigenvalue weighted by atomic mass is 19.1. The third-order valence-corrected chi connectivity index (χ3v) is 3.36. The molecular weight excluding hydrogens is 289 g/mol. The fraction of sp³-hybridized carbons (Fsp3) is 0.333. The lowest BCUT2D eigenvalue weighted by Gasteiger charge is -2.08. The Morgan fingerprint density at radius 2 is 2.36 bits per heavy atom. The Morgan fingerprint density at radius 3 is 3.14 bits per heavy atom. The van der Waals surface area contributed by atoms with E-state index in [9.17, 15) is 9.18 Å². The fourth-order valence-corrected chi connectivity index (χ4v) is 2.24. The molecule has 0 bridgehead atoms. The molecule has 1 aliphatic rings. The Bertz CT molecular complexity index is 653. The summed E-state index contributed by atoms with van der Waals surface area (Å²) in [6.07, 6.45) is 4.23. The molecule has 6 nitrogen and oxygen atoms in total. The van der Waals surface area contributed by atoms with E-state index in [4.69, 9.17) is 9.47 Å². The maximum Gasteiger partial charge on any atom is 0.262 e. The normalized spacial score (nSPS) is 17.4. The first kappa shape index (κ1) is 14.5. The molecule has 116 valence electrons. The molecule has 1 saturated heterocycles. The summed E-state index contributed by atoms with van der Waals surface area (Å²) in [5.41, 5.74) is 0.578. The quantitative estimate of drug-likeness (QED) is 0.917. The van der Waals surface area contributed by atoms with Gasteiger partial charge in [0.15, 0.2) is 18.2 Å². The van der Waals surface area contributed by atoms with Gasteiger partial charge in [0.05, 0.1) is 24.5 Å². The number of nitrogens with zero attached hydrogens (tertiary/aromatic N) is 2. The predicted molar refractivity (Wildman–Crippen MR) is 77.2 cm³/mol. The van der Waals surface area contributed by atoms with Crippen molar-refractivity contribution < 1.29 is 18.7 Å². The molecule has 2 aromatic rings. The van der Waals surface area contributed by atoms with Gasteiger partial charge < -0.3 is 14.8 Å². The highest BCUT2D eigenvalue weighted by Gasteiger charge is 2.18. The highest BCUT2D eigenvalue weighted by Crippen LogP contribution is 2.20. The molecule has 7 heteroatoms. The second-order valence-electron chi connectivity index (χ2n) is 4.99. The Labute approximate surface area is 126 Å². The van der Waals surface area contributed by atoms with Gasteiger partial charge in [-0.05, 0) is 18.6 Å². The van der Waals surface area contributed by atoms with Crippen LogP contribution >= 0.6 is 0 Å². The molecule has 1 aromatic heterocycles. The van der Waals surface area contributed by atoms with Crippen LogP contribution in [0, 0.1) is 5.82 Å². The fourth-order valence-electron chi connectivity index (χ4n) is 2.24. The summed E-state index contributed by atoms with van der Waals surface area (Å²) in [5, 5.41) is 6.87. The van der Waals surface area contributed by atoms with E-state index < -0.39 is 5.82 Å². The summed E-state index contributed by atoms with van der Waals surface area (Å²) in [7, 11) is 0. The van der Waals surface area contributed by atoms with E-state index in [0.717, 1.165) is 13.0 Å².